The Morgan fingerprint density at radius 3 is 2.45 bits per heavy atom. The molecule has 1 aliphatic heterocycles. The van der Waals surface area contributed by atoms with E-state index in [0.717, 1.165) is 11.3 Å². The van der Waals surface area contributed by atoms with Gasteiger partial charge in [0.2, 0.25) is 5.78 Å². The quantitative estimate of drug-likeness (QED) is 0.577. The van der Waals surface area contributed by atoms with E-state index in [0.29, 0.717) is 35.5 Å². The van der Waals surface area contributed by atoms with Crippen molar-refractivity contribution in [3.63, 3.8) is 0 Å². The molecule has 0 aromatic heterocycles. The van der Waals surface area contributed by atoms with Gasteiger partial charge in [-0.3, -0.25) is 9.69 Å². The van der Waals surface area contributed by atoms with Gasteiger partial charge in [0.25, 0.3) is 0 Å². The number of hydrogen-bond acceptors (Lipinski definition) is 5. The molecule has 1 N–H and O–H groups in total. The first-order chi connectivity index (χ1) is 15.0. The third kappa shape index (κ3) is 4.32. The Morgan fingerprint density at radius 2 is 1.77 bits per heavy atom. The van der Waals surface area contributed by atoms with Crippen molar-refractivity contribution in [3.05, 3.63) is 94.2 Å². The van der Waals surface area contributed by atoms with Crippen LogP contribution in [-0.2, 0) is 13.1 Å². The highest BCUT2D eigenvalue weighted by atomic mass is 16.5. The van der Waals surface area contributed by atoms with E-state index in [1.54, 1.807) is 19.3 Å². The molecular formula is C26H25NO4. The van der Waals surface area contributed by atoms with Gasteiger partial charge in [-0.2, -0.15) is 0 Å². The van der Waals surface area contributed by atoms with E-state index in [1.807, 2.05) is 56.4 Å². The van der Waals surface area contributed by atoms with Gasteiger partial charge in [0.15, 0.2) is 5.76 Å². The second kappa shape index (κ2) is 8.66. The SMILES string of the molecule is COc1ccc(/C=C2\Oc3c(CN(C)Cc4ccccc4)c(O)cc(C)c3C2=O)cc1. The number of Topliss-reactive ketones (excluding diaryl/α,β-unsaturated/α-hetero) is 1. The molecule has 31 heavy (non-hydrogen) atoms. The molecule has 4 rings (SSSR count). The number of aromatic hydroxyl groups is 1. The molecular weight excluding hydrogens is 390 g/mol. The van der Waals surface area contributed by atoms with Crippen molar-refractivity contribution >= 4 is 11.9 Å². The topological polar surface area (TPSA) is 59.0 Å². The molecule has 0 aliphatic carbocycles. The number of carbonyl (C=O) groups excluding carboxylic acids is 1. The minimum Gasteiger partial charge on any atom is -0.507 e. The summed E-state index contributed by atoms with van der Waals surface area (Å²) in [5, 5.41) is 10.6. The minimum absolute atomic E-state index is 0.134. The summed E-state index contributed by atoms with van der Waals surface area (Å²) < 4.78 is 11.2. The number of carbonyl (C=O) groups is 1. The summed E-state index contributed by atoms with van der Waals surface area (Å²) in [6.07, 6.45) is 1.72. The summed E-state index contributed by atoms with van der Waals surface area (Å²) in [5.41, 5.74) is 3.84. The normalized spacial score (nSPS) is 14.1. The van der Waals surface area contributed by atoms with Crippen LogP contribution in [0.5, 0.6) is 17.2 Å². The van der Waals surface area contributed by atoms with Crippen molar-refractivity contribution in [2.24, 2.45) is 0 Å². The van der Waals surface area contributed by atoms with Crippen LogP contribution in [0.15, 0.2) is 66.4 Å². The van der Waals surface area contributed by atoms with Gasteiger partial charge in [0, 0.05) is 13.1 Å². The maximum atomic E-state index is 13.1. The van der Waals surface area contributed by atoms with E-state index in [-0.39, 0.29) is 17.3 Å². The Balaban J connectivity index is 1.63. The van der Waals surface area contributed by atoms with Crippen molar-refractivity contribution in [2.75, 3.05) is 14.2 Å². The highest BCUT2D eigenvalue weighted by Gasteiger charge is 2.33. The third-order valence-electron chi connectivity index (χ3n) is 5.36. The first-order valence-electron chi connectivity index (χ1n) is 10.1. The zero-order valence-electron chi connectivity index (χ0n) is 17.9. The highest BCUT2D eigenvalue weighted by molar-refractivity contribution is 6.15. The van der Waals surface area contributed by atoms with E-state index in [4.69, 9.17) is 9.47 Å². The molecule has 0 bridgehead atoms. The molecule has 0 saturated heterocycles. The molecule has 0 amide bonds. The first-order valence-corrected chi connectivity index (χ1v) is 10.1. The summed E-state index contributed by atoms with van der Waals surface area (Å²) >= 11 is 0. The number of phenolic OH excluding ortho intramolecular Hbond substituents is 1. The Hall–Kier alpha value is -3.57. The smallest absolute Gasteiger partial charge is 0.232 e. The number of nitrogens with zero attached hydrogens (tertiary/aromatic N) is 1. The van der Waals surface area contributed by atoms with Crippen molar-refractivity contribution in [2.45, 2.75) is 20.0 Å². The second-order valence-electron chi connectivity index (χ2n) is 7.77. The van der Waals surface area contributed by atoms with Gasteiger partial charge in [0.1, 0.15) is 17.2 Å². The van der Waals surface area contributed by atoms with E-state index in [1.165, 1.54) is 5.56 Å². The maximum Gasteiger partial charge on any atom is 0.232 e. The van der Waals surface area contributed by atoms with E-state index < -0.39 is 0 Å². The number of ketones is 1. The molecule has 3 aromatic carbocycles. The summed E-state index contributed by atoms with van der Waals surface area (Å²) in [6.45, 7) is 2.98. The number of allylic oxidation sites excluding steroid dienone is 1. The largest absolute Gasteiger partial charge is 0.507 e. The highest BCUT2D eigenvalue weighted by Crippen LogP contribution is 2.42. The van der Waals surface area contributed by atoms with Crippen LogP contribution in [0.2, 0.25) is 0 Å². The molecule has 5 heteroatoms. The van der Waals surface area contributed by atoms with Gasteiger partial charge >= 0.3 is 0 Å². The Morgan fingerprint density at radius 1 is 1.06 bits per heavy atom. The molecule has 0 fully saturated rings. The molecule has 158 valence electrons. The molecule has 1 aliphatic rings. The molecule has 1 heterocycles. The molecule has 0 atom stereocenters. The van der Waals surface area contributed by atoms with Gasteiger partial charge in [-0.15, -0.1) is 0 Å². The number of hydrogen-bond donors (Lipinski definition) is 1. The van der Waals surface area contributed by atoms with Crippen LogP contribution >= 0.6 is 0 Å². The Kier molecular flexibility index (Phi) is 5.78. The van der Waals surface area contributed by atoms with Crippen molar-refractivity contribution in [3.8, 4) is 17.2 Å². The van der Waals surface area contributed by atoms with Crippen LogP contribution in [0.25, 0.3) is 6.08 Å². The number of rotatable bonds is 6. The number of aryl methyl sites for hydroxylation is 1. The molecule has 0 radical (unpaired) electrons. The lowest BCUT2D eigenvalue weighted by molar-refractivity contribution is 0.101. The van der Waals surface area contributed by atoms with Crippen molar-refractivity contribution in [1.29, 1.82) is 0 Å². The Labute approximate surface area is 182 Å². The zero-order valence-corrected chi connectivity index (χ0v) is 17.9. The molecule has 0 spiro atoms. The monoisotopic (exact) mass is 415 g/mol. The van der Waals surface area contributed by atoms with Crippen LogP contribution < -0.4 is 9.47 Å². The number of fused-ring (bicyclic) bond motifs is 1. The third-order valence-corrected chi connectivity index (χ3v) is 5.36. The lowest BCUT2D eigenvalue weighted by Gasteiger charge is -2.19. The molecule has 3 aromatic rings. The minimum atomic E-state index is -0.171. The first kappa shape index (κ1) is 20.7. The fraction of sp³-hybridized carbons (Fsp3) is 0.192. The average Bonchev–Trinajstić information content (AvgIpc) is 3.09. The van der Waals surface area contributed by atoms with Gasteiger partial charge in [-0.05, 0) is 54.9 Å². The zero-order chi connectivity index (χ0) is 22.0. The summed E-state index contributed by atoms with van der Waals surface area (Å²) in [6, 6.07) is 19.1. The lowest BCUT2D eigenvalue weighted by atomic mass is 9.99. The summed E-state index contributed by atoms with van der Waals surface area (Å²) in [5.74, 6) is 1.40. The summed E-state index contributed by atoms with van der Waals surface area (Å²) in [7, 11) is 3.59. The number of benzene rings is 3. The number of ether oxygens (including phenoxy) is 2. The predicted octanol–water partition coefficient (Wildman–Crippen LogP) is 4.96. The number of phenols is 1. The lowest BCUT2D eigenvalue weighted by Crippen LogP contribution is -2.17. The van der Waals surface area contributed by atoms with E-state index in [9.17, 15) is 9.90 Å². The standard InChI is InChI=1S/C26H25NO4/c1-17-13-22(28)21(16-27(2)15-19-7-5-4-6-8-19)26-24(17)25(29)23(31-26)14-18-9-11-20(30-3)12-10-18/h4-14,28H,15-16H2,1-3H3/b23-14-. The van der Waals surface area contributed by atoms with Crippen LogP contribution in [0.1, 0.15) is 32.6 Å². The van der Waals surface area contributed by atoms with Crippen molar-refractivity contribution < 1.29 is 19.4 Å². The van der Waals surface area contributed by atoms with Crippen LogP contribution in [0.4, 0.5) is 0 Å². The molecule has 0 saturated carbocycles. The van der Waals surface area contributed by atoms with Gasteiger partial charge in [0.05, 0.1) is 18.2 Å². The second-order valence-corrected chi connectivity index (χ2v) is 7.77. The van der Waals surface area contributed by atoms with Crippen LogP contribution in [0, 0.1) is 6.92 Å². The maximum absolute atomic E-state index is 13.1. The molecule has 5 nitrogen and oxygen atoms in total. The van der Waals surface area contributed by atoms with Gasteiger partial charge < -0.3 is 14.6 Å². The van der Waals surface area contributed by atoms with Crippen LogP contribution in [-0.4, -0.2) is 29.9 Å². The van der Waals surface area contributed by atoms with E-state index in [2.05, 4.69) is 17.0 Å². The molecule has 0 unspecified atom stereocenters. The van der Waals surface area contributed by atoms with E-state index >= 15 is 0 Å². The van der Waals surface area contributed by atoms with Crippen LogP contribution in [0.3, 0.4) is 0 Å². The van der Waals surface area contributed by atoms with Gasteiger partial charge in [-0.1, -0.05) is 42.5 Å². The predicted molar refractivity (Wildman–Crippen MR) is 120 cm³/mol. The number of methoxy groups -OCH3 is 1. The fourth-order valence-corrected chi connectivity index (χ4v) is 3.81. The fourth-order valence-electron chi connectivity index (χ4n) is 3.81. The van der Waals surface area contributed by atoms with Crippen molar-refractivity contribution in [1.82, 2.24) is 4.90 Å². The Bertz CT molecular complexity index is 1130. The summed E-state index contributed by atoms with van der Waals surface area (Å²) in [4.78, 5) is 15.2. The van der Waals surface area contributed by atoms with Gasteiger partial charge in [-0.25, -0.2) is 0 Å². The average molecular weight is 415 g/mol.